The van der Waals surface area contributed by atoms with Gasteiger partial charge >= 0.3 is 12.1 Å². The maximum Gasteiger partial charge on any atom is 0.407 e. The Morgan fingerprint density at radius 2 is 1.61 bits per heavy atom. The van der Waals surface area contributed by atoms with Gasteiger partial charge in [-0.3, -0.25) is 9.78 Å². The molecule has 2 N–H and O–H groups in total. The van der Waals surface area contributed by atoms with Crippen molar-refractivity contribution in [2.45, 2.75) is 89.6 Å². The number of likely N-dealkylation sites (tertiary alicyclic amines) is 1. The zero-order valence-electron chi connectivity index (χ0n) is 28.4. The van der Waals surface area contributed by atoms with Crippen LogP contribution in [-0.4, -0.2) is 69.5 Å². The van der Waals surface area contributed by atoms with Crippen molar-refractivity contribution < 1.29 is 19.1 Å². The van der Waals surface area contributed by atoms with Crippen LogP contribution in [0.4, 0.5) is 9.59 Å². The molecule has 2 aromatic heterocycles. The fourth-order valence-corrected chi connectivity index (χ4v) is 7.40. The molecule has 3 heterocycles. The molecule has 1 aliphatic heterocycles. The molecule has 1 aliphatic rings. The molecular formula is C37H46N6O4S2. The second kappa shape index (κ2) is 17.9. The third kappa shape index (κ3) is 10.9. The number of urea groups is 1. The molecule has 4 aromatic rings. The molecule has 0 spiro atoms. The number of ether oxygens (including phenoxy) is 1. The Morgan fingerprint density at radius 3 is 2.20 bits per heavy atom. The van der Waals surface area contributed by atoms with E-state index < -0.39 is 12.1 Å². The SMILES string of the molecule is CC(C)c1nc(CN(C)C(=O)N2CCC[C@H]2C(=O)N[C@@H](CC[C@@H](Cc2ccccc2)NC(=O)OCc2cncs2)Cc2ccccc2)cs1. The average molecular weight is 703 g/mol. The Morgan fingerprint density at radius 1 is 0.959 bits per heavy atom. The van der Waals surface area contributed by atoms with Gasteiger partial charge in [-0.05, 0) is 49.7 Å². The molecule has 0 bridgehead atoms. The summed E-state index contributed by atoms with van der Waals surface area (Å²) in [5, 5.41) is 9.42. The van der Waals surface area contributed by atoms with Crippen LogP contribution in [0, 0.1) is 0 Å². The van der Waals surface area contributed by atoms with E-state index in [0.29, 0.717) is 51.1 Å². The highest BCUT2D eigenvalue weighted by Gasteiger charge is 2.36. The number of nitrogens with one attached hydrogen (secondary N) is 2. The van der Waals surface area contributed by atoms with Crippen LogP contribution in [0.5, 0.6) is 0 Å². The van der Waals surface area contributed by atoms with Gasteiger partial charge in [-0.1, -0.05) is 74.5 Å². The first-order valence-corrected chi connectivity index (χ1v) is 18.7. The van der Waals surface area contributed by atoms with E-state index >= 15 is 0 Å². The summed E-state index contributed by atoms with van der Waals surface area (Å²) in [5.41, 5.74) is 4.77. The van der Waals surface area contributed by atoms with Gasteiger partial charge in [-0.25, -0.2) is 14.6 Å². The molecule has 0 saturated carbocycles. The van der Waals surface area contributed by atoms with Gasteiger partial charge in [-0.2, -0.15) is 0 Å². The summed E-state index contributed by atoms with van der Waals surface area (Å²) < 4.78 is 5.50. The van der Waals surface area contributed by atoms with Crippen LogP contribution in [0.15, 0.2) is 77.8 Å². The summed E-state index contributed by atoms with van der Waals surface area (Å²) in [4.78, 5) is 53.3. The molecule has 2 aromatic carbocycles. The van der Waals surface area contributed by atoms with Gasteiger partial charge in [0.05, 0.1) is 27.6 Å². The third-order valence-electron chi connectivity index (χ3n) is 8.60. The second-order valence-electron chi connectivity index (χ2n) is 12.9. The second-order valence-corrected chi connectivity index (χ2v) is 14.7. The number of hydrogen-bond donors (Lipinski definition) is 2. The summed E-state index contributed by atoms with van der Waals surface area (Å²) >= 11 is 3.05. The van der Waals surface area contributed by atoms with Gasteiger partial charge in [0.15, 0.2) is 0 Å². The molecule has 5 rings (SSSR count). The zero-order chi connectivity index (χ0) is 34.6. The summed E-state index contributed by atoms with van der Waals surface area (Å²) in [6.07, 6.45) is 5.07. The molecule has 49 heavy (non-hydrogen) atoms. The van der Waals surface area contributed by atoms with Crippen molar-refractivity contribution in [3.63, 3.8) is 0 Å². The molecule has 1 fully saturated rings. The van der Waals surface area contributed by atoms with Crippen LogP contribution in [0.3, 0.4) is 0 Å². The maximum absolute atomic E-state index is 13.9. The Kier molecular flexibility index (Phi) is 13.2. The summed E-state index contributed by atoms with van der Waals surface area (Å²) in [6, 6.07) is 19.0. The van der Waals surface area contributed by atoms with Gasteiger partial charge in [0, 0.05) is 43.2 Å². The van der Waals surface area contributed by atoms with Gasteiger partial charge in [0.2, 0.25) is 5.91 Å². The predicted molar refractivity (Wildman–Crippen MR) is 193 cm³/mol. The highest BCUT2D eigenvalue weighted by atomic mass is 32.1. The largest absolute Gasteiger partial charge is 0.444 e. The molecule has 0 radical (unpaired) electrons. The van der Waals surface area contributed by atoms with E-state index in [4.69, 9.17) is 4.74 Å². The fourth-order valence-electron chi connectivity index (χ4n) is 6.06. The van der Waals surface area contributed by atoms with Crippen molar-refractivity contribution in [1.29, 1.82) is 0 Å². The lowest BCUT2D eigenvalue weighted by Crippen LogP contribution is -2.52. The number of aromatic nitrogens is 2. The van der Waals surface area contributed by atoms with E-state index in [1.807, 2.05) is 53.9 Å². The number of hydrogen-bond acceptors (Lipinski definition) is 8. The number of carbonyl (C=O) groups is 3. The van der Waals surface area contributed by atoms with Crippen molar-refractivity contribution in [2.75, 3.05) is 13.6 Å². The lowest BCUT2D eigenvalue weighted by Gasteiger charge is -2.30. The lowest BCUT2D eigenvalue weighted by atomic mass is 9.95. The minimum absolute atomic E-state index is 0.146. The number of amides is 4. The smallest absolute Gasteiger partial charge is 0.407 e. The van der Waals surface area contributed by atoms with Gasteiger partial charge in [0.25, 0.3) is 0 Å². The molecule has 0 unspecified atom stereocenters. The first kappa shape index (κ1) is 36.0. The third-order valence-corrected chi connectivity index (χ3v) is 10.5. The summed E-state index contributed by atoms with van der Waals surface area (Å²) in [6.45, 7) is 5.30. The highest BCUT2D eigenvalue weighted by molar-refractivity contribution is 7.09. The molecule has 10 nitrogen and oxygen atoms in total. The Balaban J connectivity index is 1.24. The first-order valence-electron chi connectivity index (χ1n) is 16.9. The molecule has 1 saturated heterocycles. The highest BCUT2D eigenvalue weighted by Crippen LogP contribution is 2.23. The minimum Gasteiger partial charge on any atom is -0.444 e. The maximum atomic E-state index is 13.9. The number of nitrogens with zero attached hydrogens (tertiary/aromatic N) is 4. The van der Waals surface area contributed by atoms with E-state index in [9.17, 15) is 14.4 Å². The minimum atomic E-state index is -0.546. The monoisotopic (exact) mass is 702 g/mol. The Labute approximate surface area is 296 Å². The molecule has 3 atom stereocenters. The van der Waals surface area contributed by atoms with Gasteiger partial charge in [-0.15, -0.1) is 22.7 Å². The van der Waals surface area contributed by atoms with Crippen LogP contribution in [-0.2, 0) is 35.5 Å². The number of thiazole rings is 2. The van der Waals surface area contributed by atoms with Crippen molar-refractivity contribution in [1.82, 2.24) is 30.4 Å². The van der Waals surface area contributed by atoms with Gasteiger partial charge in [0.1, 0.15) is 12.6 Å². The first-order chi connectivity index (χ1) is 23.7. The molecule has 4 amide bonds. The normalized spacial score (nSPS) is 15.5. The lowest BCUT2D eigenvalue weighted by molar-refractivity contribution is -0.125. The van der Waals surface area contributed by atoms with Crippen LogP contribution in [0.25, 0.3) is 0 Å². The molecular weight excluding hydrogens is 657 g/mol. The fraction of sp³-hybridized carbons (Fsp3) is 0.432. The van der Waals surface area contributed by atoms with Crippen molar-refractivity contribution in [2.24, 2.45) is 0 Å². The standard InChI is InChI=1S/C37H46N6O4S2/c1-26(2)35-40-31(24-48-35)22-42(3)37(46)43-18-10-15-33(43)34(44)39-29(19-27-11-6-4-7-12-27)16-17-30(20-28-13-8-5-9-14-28)41-36(45)47-23-32-21-38-25-49-32/h4-9,11-14,21,24-26,29-30,33H,10,15-20,22-23H2,1-3H3,(H,39,44)(H,41,45)/t29-,30-,33-/m0/s1. The number of benzene rings is 2. The average Bonchev–Trinajstić information content (AvgIpc) is 3.90. The molecule has 260 valence electrons. The number of rotatable bonds is 15. The van der Waals surface area contributed by atoms with E-state index in [1.165, 1.54) is 11.3 Å². The van der Waals surface area contributed by atoms with E-state index in [-0.39, 0.29) is 30.6 Å². The van der Waals surface area contributed by atoms with Crippen molar-refractivity contribution >= 4 is 40.7 Å². The van der Waals surface area contributed by atoms with E-state index in [2.05, 4.69) is 46.6 Å². The number of carbonyl (C=O) groups excluding carboxylic acids is 3. The number of alkyl carbamates (subject to hydrolysis) is 1. The topological polar surface area (TPSA) is 117 Å². The van der Waals surface area contributed by atoms with Crippen LogP contribution in [0.2, 0.25) is 0 Å². The van der Waals surface area contributed by atoms with Crippen LogP contribution >= 0.6 is 22.7 Å². The van der Waals surface area contributed by atoms with Gasteiger partial charge < -0.3 is 25.2 Å². The zero-order valence-corrected chi connectivity index (χ0v) is 30.1. The summed E-state index contributed by atoms with van der Waals surface area (Å²) in [7, 11) is 1.77. The van der Waals surface area contributed by atoms with Crippen LogP contribution in [0.1, 0.15) is 72.2 Å². The summed E-state index contributed by atoms with van der Waals surface area (Å²) in [5.74, 6) is 0.190. The van der Waals surface area contributed by atoms with E-state index in [1.54, 1.807) is 39.9 Å². The molecule has 12 heteroatoms. The van der Waals surface area contributed by atoms with Crippen molar-refractivity contribution in [3.05, 3.63) is 104 Å². The van der Waals surface area contributed by atoms with Crippen molar-refractivity contribution in [3.8, 4) is 0 Å². The van der Waals surface area contributed by atoms with Crippen LogP contribution < -0.4 is 10.6 Å². The van der Waals surface area contributed by atoms with E-state index in [0.717, 1.165) is 33.1 Å². The predicted octanol–water partition coefficient (Wildman–Crippen LogP) is 6.78. The Bertz CT molecular complexity index is 1620. The molecule has 0 aliphatic carbocycles. The Hall–Kier alpha value is -4.29. The quantitative estimate of drug-likeness (QED) is 0.141.